The van der Waals surface area contributed by atoms with Crippen molar-refractivity contribution in [1.29, 1.82) is 5.26 Å². The summed E-state index contributed by atoms with van der Waals surface area (Å²) in [6, 6.07) is 9.10. The van der Waals surface area contributed by atoms with Crippen LogP contribution in [0.1, 0.15) is 50.8 Å². The zero-order valence-corrected chi connectivity index (χ0v) is 12.4. The van der Waals surface area contributed by atoms with Gasteiger partial charge < -0.3 is 10.6 Å². The minimum Gasteiger partial charge on any atom is -0.338 e. The average molecular weight is 273 g/mol. The van der Waals surface area contributed by atoms with Crippen LogP contribution >= 0.6 is 0 Å². The van der Waals surface area contributed by atoms with E-state index in [0.717, 1.165) is 18.4 Å². The Morgan fingerprint density at radius 2 is 1.90 bits per heavy atom. The molecule has 4 heteroatoms. The Morgan fingerprint density at radius 1 is 1.25 bits per heavy atom. The molecule has 0 unspecified atom stereocenters. The topological polar surface area (TPSA) is 64.9 Å². The molecule has 0 aliphatic heterocycles. The van der Waals surface area contributed by atoms with E-state index in [2.05, 4.69) is 30.6 Å². The molecule has 1 rings (SSSR count). The van der Waals surface area contributed by atoms with E-state index in [0.29, 0.717) is 18.0 Å². The summed E-state index contributed by atoms with van der Waals surface area (Å²) in [4.78, 5) is 11.7. The van der Waals surface area contributed by atoms with Gasteiger partial charge in [-0.15, -0.1) is 0 Å². The highest BCUT2D eigenvalue weighted by Crippen LogP contribution is 2.12. The molecule has 1 aromatic rings. The van der Waals surface area contributed by atoms with Crippen molar-refractivity contribution < 1.29 is 4.79 Å². The van der Waals surface area contributed by atoms with Crippen LogP contribution < -0.4 is 10.6 Å². The first kappa shape index (κ1) is 16.0. The van der Waals surface area contributed by atoms with Crippen LogP contribution in [0, 0.1) is 17.2 Å². The minimum absolute atomic E-state index is 0.0761. The molecule has 0 saturated carbocycles. The van der Waals surface area contributed by atoms with Crippen LogP contribution in [-0.4, -0.2) is 12.6 Å². The summed E-state index contributed by atoms with van der Waals surface area (Å²) < 4.78 is 0. The van der Waals surface area contributed by atoms with Gasteiger partial charge in [0.15, 0.2) is 0 Å². The van der Waals surface area contributed by atoms with Crippen LogP contribution in [-0.2, 0) is 0 Å². The van der Waals surface area contributed by atoms with Gasteiger partial charge in [-0.05, 0) is 43.4 Å². The van der Waals surface area contributed by atoms with Crippen LogP contribution in [0.2, 0.25) is 0 Å². The van der Waals surface area contributed by atoms with Gasteiger partial charge in [-0.25, -0.2) is 4.79 Å². The molecule has 2 N–H and O–H groups in total. The van der Waals surface area contributed by atoms with Crippen molar-refractivity contribution in [2.75, 3.05) is 6.54 Å². The third-order valence-electron chi connectivity index (χ3n) is 3.13. The second-order valence-electron chi connectivity index (χ2n) is 5.39. The second kappa shape index (κ2) is 8.21. The third kappa shape index (κ3) is 5.75. The minimum atomic E-state index is -0.148. The SMILES string of the molecule is CC(C)CCCNC(=O)N[C@H](C)c1ccc(C#N)cc1. The Bertz CT molecular complexity index is 460. The van der Waals surface area contributed by atoms with Gasteiger partial charge in [-0.1, -0.05) is 26.0 Å². The lowest BCUT2D eigenvalue weighted by Crippen LogP contribution is -2.37. The number of nitrogens with zero attached hydrogens (tertiary/aromatic N) is 1. The Balaban J connectivity index is 2.35. The van der Waals surface area contributed by atoms with Gasteiger partial charge in [-0.2, -0.15) is 5.26 Å². The molecule has 0 spiro atoms. The first-order valence-electron chi connectivity index (χ1n) is 7.07. The number of urea groups is 1. The molecule has 4 nitrogen and oxygen atoms in total. The average Bonchev–Trinajstić information content (AvgIpc) is 2.43. The zero-order chi connectivity index (χ0) is 15.0. The number of hydrogen-bond acceptors (Lipinski definition) is 2. The lowest BCUT2D eigenvalue weighted by molar-refractivity contribution is 0.237. The lowest BCUT2D eigenvalue weighted by atomic mass is 10.1. The molecule has 1 atom stereocenters. The zero-order valence-electron chi connectivity index (χ0n) is 12.4. The van der Waals surface area contributed by atoms with Gasteiger partial charge in [0.2, 0.25) is 0 Å². The summed E-state index contributed by atoms with van der Waals surface area (Å²) in [6.45, 7) is 6.97. The van der Waals surface area contributed by atoms with Crippen molar-refractivity contribution in [3.05, 3.63) is 35.4 Å². The highest BCUT2D eigenvalue weighted by molar-refractivity contribution is 5.74. The van der Waals surface area contributed by atoms with Gasteiger partial charge in [0.05, 0.1) is 17.7 Å². The molecule has 0 aromatic heterocycles. The molecule has 0 aliphatic rings. The van der Waals surface area contributed by atoms with E-state index in [1.807, 2.05) is 19.1 Å². The lowest BCUT2D eigenvalue weighted by Gasteiger charge is -2.15. The third-order valence-corrected chi connectivity index (χ3v) is 3.13. The second-order valence-corrected chi connectivity index (χ2v) is 5.39. The Morgan fingerprint density at radius 3 is 2.45 bits per heavy atom. The van der Waals surface area contributed by atoms with Crippen molar-refractivity contribution in [2.24, 2.45) is 5.92 Å². The fraction of sp³-hybridized carbons (Fsp3) is 0.500. The van der Waals surface area contributed by atoms with E-state index in [1.165, 1.54) is 0 Å². The van der Waals surface area contributed by atoms with E-state index in [9.17, 15) is 4.79 Å². The van der Waals surface area contributed by atoms with Crippen molar-refractivity contribution in [3.63, 3.8) is 0 Å². The van der Waals surface area contributed by atoms with Gasteiger partial charge >= 0.3 is 6.03 Å². The monoisotopic (exact) mass is 273 g/mol. The van der Waals surface area contributed by atoms with Crippen LogP contribution in [0.4, 0.5) is 4.79 Å². The standard InChI is InChI=1S/C16H23N3O/c1-12(2)5-4-10-18-16(20)19-13(3)15-8-6-14(11-17)7-9-15/h6-9,12-13H,4-5,10H2,1-3H3,(H2,18,19,20)/t13-/m1/s1. The number of benzene rings is 1. The molecular formula is C16H23N3O. The van der Waals surface area contributed by atoms with Gasteiger partial charge in [-0.3, -0.25) is 0 Å². The number of nitrogens with one attached hydrogen (secondary N) is 2. The molecule has 0 heterocycles. The summed E-state index contributed by atoms with van der Waals surface area (Å²) in [5, 5.41) is 14.5. The first-order chi connectivity index (χ1) is 9.52. The predicted molar refractivity (Wildman–Crippen MR) is 80.2 cm³/mol. The fourth-order valence-electron chi connectivity index (χ4n) is 1.89. The molecule has 0 aliphatic carbocycles. The predicted octanol–water partition coefficient (Wildman–Crippen LogP) is 3.35. The molecule has 0 radical (unpaired) electrons. The van der Waals surface area contributed by atoms with Gasteiger partial charge in [0, 0.05) is 6.54 Å². The number of amides is 2. The largest absolute Gasteiger partial charge is 0.338 e. The van der Waals surface area contributed by atoms with Crippen molar-refractivity contribution in [1.82, 2.24) is 10.6 Å². The molecule has 1 aromatic carbocycles. The summed E-state index contributed by atoms with van der Waals surface area (Å²) in [6.07, 6.45) is 2.11. The summed E-state index contributed by atoms with van der Waals surface area (Å²) in [7, 11) is 0. The van der Waals surface area contributed by atoms with E-state index >= 15 is 0 Å². The van der Waals surface area contributed by atoms with Crippen LogP contribution in [0.5, 0.6) is 0 Å². The molecule has 2 amide bonds. The highest BCUT2D eigenvalue weighted by atomic mass is 16.2. The maximum Gasteiger partial charge on any atom is 0.315 e. The van der Waals surface area contributed by atoms with Crippen molar-refractivity contribution in [2.45, 2.75) is 39.7 Å². The molecule has 0 fully saturated rings. The number of carbonyl (C=O) groups excluding carboxylic acids is 1. The molecule has 108 valence electrons. The normalized spacial score (nSPS) is 11.8. The number of hydrogen-bond donors (Lipinski definition) is 2. The van der Waals surface area contributed by atoms with E-state index in [1.54, 1.807) is 12.1 Å². The summed E-state index contributed by atoms with van der Waals surface area (Å²) >= 11 is 0. The molecule has 20 heavy (non-hydrogen) atoms. The van der Waals surface area contributed by atoms with E-state index in [4.69, 9.17) is 5.26 Å². The highest BCUT2D eigenvalue weighted by Gasteiger charge is 2.08. The quantitative estimate of drug-likeness (QED) is 0.781. The molecule has 0 saturated heterocycles. The maximum absolute atomic E-state index is 11.7. The van der Waals surface area contributed by atoms with Gasteiger partial charge in [0.1, 0.15) is 0 Å². The van der Waals surface area contributed by atoms with E-state index in [-0.39, 0.29) is 12.1 Å². The molecule has 0 bridgehead atoms. The number of rotatable bonds is 6. The smallest absolute Gasteiger partial charge is 0.315 e. The maximum atomic E-state index is 11.7. The van der Waals surface area contributed by atoms with Crippen molar-refractivity contribution >= 4 is 6.03 Å². The van der Waals surface area contributed by atoms with Gasteiger partial charge in [0.25, 0.3) is 0 Å². The van der Waals surface area contributed by atoms with Crippen molar-refractivity contribution in [3.8, 4) is 6.07 Å². The Kier molecular flexibility index (Phi) is 6.58. The summed E-state index contributed by atoms with van der Waals surface area (Å²) in [5.41, 5.74) is 1.61. The van der Waals surface area contributed by atoms with E-state index < -0.39 is 0 Å². The number of carbonyl (C=O) groups is 1. The Hall–Kier alpha value is -2.02. The fourth-order valence-corrected chi connectivity index (χ4v) is 1.89. The van der Waals surface area contributed by atoms with Crippen LogP contribution in [0.25, 0.3) is 0 Å². The van der Waals surface area contributed by atoms with Crippen LogP contribution in [0.15, 0.2) is 24.3 Å². The number of nitriles is 1. The summed E-state index contributed by atoms with van der Waals surface area (Å²) in [5.74, 6) is 0.664. The first-order valence-corrected chi connectivity index (χ1v) is 7.07. The van der Waals surface area contributed by atoms with Crippen LogP contribution in [0.3, 0.4) is 0 Å². The molecular weight excluding hydrogens is 250 g/mol. The Labute approximate surface area is 121 Å².